The van der Waals surface area contributed by atoms with E-state index >= 15 is 0 Å². The fraction of sp³-hybridized carbons (Fsp3) is 0.538. The van der Waals surface area contributed by atoms with Crippen LogP contribution in [0.1, 0.15) is 31.2 Å². The maximum atomic E-state index is 6.04. The Balaban J connectivity index is 2.01. The highest BCUT2D eigenvalue weighted by molar-refractivity contribution is 5.27. The molecule has 0 heterocycles. The van der Waals surface area contributed by atoms with Gasteiger partial charge in [-0.25, -0.2) is 0 Å². The van der Waals surface area contributed by atoms with Gasteiger partial charge in [0.1, 0.15) is 11.9 Å². The smallest absolute Gasteiger partial charge is 0.120 e. The van der Waals surface area contributed by atoms with E-state index in [4.69, 9.17) is 10.5 Å². The number of hydrogen-bond donors (Lipinski definition) is 1. The standard InChI is InChI=1S/C13H19NO/c1-10-5-4-6-11(9-10)15-13-8-3-2-7-12(13)14/h4-6,9,12-13H,2-3,7-8,14H2,1H3/t12-,13-/m1/s1. The first-order valence-corrected chi connectivity index (χ1v) is 5.74. The molecule has 0 radical (unpaired) electrons. The van der Waals surface area contributed by atoms with Crippen LogP contribution in [0.15, 0.2) is 24.3 Å². The van der Waals surface area contributed by atoms with Crippen LogP contribution in [0.25, 0.3) is 0 Å². The topological polar surface area (TPSA) is 35.2 Å². The second-order valence-corrected chi connectivity index (χ2v) is 4.42. The second-order valence-electron chi connectivity index (χ2n) is 4.42. The van der Waals surface area contributed by atoms with E-state index in [2.05, 4.69) is 19.1 Å². The van der Waals surface area contributed by atoms with Gasteiger partial charge in [0.05, 0.1) is 0 Å². The molecule has 0 aromatic heterocycles. The lowest BCUT2D eigenvalue weighted by atomic mass is 9.93. The minimum atomic E-state index is 0.208. The molecule has 1 fully saturated rings. The predicted molar refractivity (Wildman–Crippen MR) is 62.0 cm³/mol. The molecule has 82 valence electrons. The maximum Gasteiger partial charge on any atom is 0.120 e. The van der Waals surface area contributed by atoms with Crippen LogP contribution in [0, 0.1) is 6.92 Å². The van der Waals surface area contributed by atoms with Crippen LogP contribution in [0.5, 0.6) is 5.75 Å². The molecule has 2 atom stereocenters. The van der Waals surface area contributed by atoms with Gasteiger partial charge < -0.3 is 10.5 Å². The van der Waals surface area contributed by atoms with Crippen molar-refractivity contribution in [1.29, 1.82) is 0 Å². The molecule has 2 N–H and O–H groups in total. The molecule has 1 aromatic rings. The van der Waals surface area contributed by atoms with E-state index in [0.29, 0.717) is 0 Å². The Bertz CT molecular complexity index is 324. The van der Waals surface area contributed by atoms with Crippen molar-refractivity contribution in [3.05, 3.63) is 29.8 Å². The quantitative estimate of drug-likeness (QED) is 0.805. The van der Waals surface area contributed by atoms with Crippen molar-refractivity contribution in [2.75, 3.05) is 0 Å². The summed E-state index contributed by atoms with van der Waals surface area (Å²) in [4.78, 5) is 0. The average molecular weight is 205 g/mol. The van der Waals surface area contributed by atoms with Crippen LogP contribution < -0.4 is 10.5 Å². The SMILES string of the molecule is Cc1cccc(O[C@@H]2CCCC[C@H]2N)c1. The zero-order valence-electron chi connectivity index (χ0n) is 9.28. The largest absolute Gasteiger partial charge is 0.489 e. The van der Waals surface area contributed by atoms with Gasteiger partial charge in [-0.2, -0.15) is 0 Å². The Labute approximate surface area is 91.4 Å². The van der Waals surface area contributed by atoms with Crippen LogP contribution in [0.4, 0.5) is 0 Å². The lowest BCUT2D eigenvalue weighted by Gasteiger charge is -2.29. The number of rotatable bonds is 2. The number of hydrogen-bond acceptors (Lipinski definition) is 2. The average Bonchev–Trinajstić information content (AvgIpc) is 2.22. The zero-order chi connectivity index (χ0) is 10.7. The molecule has 0 bridgehead atoms. The summed E-state index contributed by atoms with van der Waals surface area (Å²) < 4.78 is 5.92. The number of benzene rings is 1. The van der Waals surface area contributed by atoms with Crippen LogP contribution in [-0.2, 0) is 0 Å². The molecule has 0 spiro atoms. The molecular weight excluding hydrogens is 186 g/mol. The normalized spacial score (nSPS) is 26.3. The van der Waals surface area contributed by atoms with Crippen LogP contribution in [0.2, 0.25) is 0 Å². The van der Waals surface area contributed by atoms with Gasteiger partial charge in [0.15, 0.2) is 0 Å². The summed E-state index contributed by atoms with van der Waals surface area (Å²) in [6, 6.07) is 8.39. The predicted octanol–water partition coefficient (Wildman–Crippen LogP) is 2.64. The Kier molecular flexibility index (Phi) is 3.27. The first-order valence-electron chi connectivity index (χ1n) is 5.74. The van der Waals surface area contributed by atoms with Crippen molar-refractivity contribution in [3.8, 4) is 5.75 Å². The van der Waals surface area contributed by atoms with Gasteiger partial charge in [0.2, 0.25) is 0 Å². The molecule has 1 aromatic carbocycles. The highest BCUT2D eigenvalue weighted by Gasteiger charge is 2.23. The second kappa shape index (κ2) is 4.67. The van der Waals surface area contributed by atoms with Gasteiger partial charge in [0.25, 0.3) is 0 Å². The summed E-state index contributed by atoms with van der Waals surface area (Å²) in [5, 5.41) is 0. The Morgan fingerprint density at radius 1 is 1.27 bits per heavy atom. The Morgan fingerprint density at radius 2 is 2.07 bits per heavy atom. The molecule has 2 heteroatoms. The van der Waals surface area contributed by atoms with Crippen LogP contribution in [0.3, 0.4) is 0 Å². The van der Waals surface area contributed by atoms with E-state index in [9.17, 15) is 0 Å². The molecule has 0 unspecified atom stereocenters. The van der Waals surface area contributed by atoms with E-state index in [-0.39, 0.29) is 12.1 Å². The number of aryl methyl sites for hydroxylation is 1. The van der Waals surface area contributed by atoms with Crippen molar-refractivity contribution in [3.63, 3.8) is 0 Å². The third kappa shape index (κ3) is 2.72. The lowest BCUT2D eigenvalue weighted by Crippen LogP contribution is -2.41. The van der Waals surface area contributed by atoms with E-state index in [1.165, 1.54) is 18.4 Å². The monoisotopic (exact) mass is 205 g/mol. The Morgan fingerprint density at radius 3 is 2.80 bits per heavy atom. The number of ether oxygens (including phenoxy) is 1. The number of nitrogens with two attached hydrogens (primary N) is 1. The van der Waals surface area contributed by atoms with Crippen LogP contribution >= 0.6 is 0 Å². The minimum Gasteiger partial charge on any atom is -0.489 e. The summed E-state index contributed by atoms with van der Waals surface area (Å²) in [5.41, 5.74) is 7.27. The Hall–Kier alpha value is -1.02. The van der Waals surface area contributed by atoms with Crippen molar-refractivity contribution in [2.24, 2.45) is 5.73 Å². The molecule has 1 aliphatic carbocycles. The van der Waals surface area contributed by atoms with Gasteiger partial charge >= 0.3 is 0 Å². The summed E-state index contributed by atoms with van der Waals surface area (Å²) in [6.07, 6.45) is 4.88. The van der Waals surface area contributed by atoms with Gasteiger partial charge in [-0.15, -0.1) is 0 Å². The summed E-state index contributed by atoms with van der Waals surface area (Å²) in [5.74, 6) is 0.956. The summed E-state index contributed by atoms with van der Waals surface area (Å²) >= 11 is 0. The first-order chi connectivity index (χ1) is 7.25. The summed E-state index contributed by atoms with van der Waals surface area (Å²) in [7, 11) is 0. The summed E-state index contributed by atoms with van der Waals surface area (Å²) in [6.45, 7) is 2.08. The van der Waals surface area contributed by atoms with Crippen molar-refractivity contribution >= 4 is 0 Å². The molecule has 1 aliphatic rings. The molecule has 0 amide bonds. The highest BCUT2D eigenvalue weighted by Crippen LogP contribution is 2.23. The molecular formula is C13H19NO. The molecule has 0 aliphatic heterocycles. The first kappa shape index (κ1) is 10.5. The van der Waals surface area contributed by atoms with Crippen molar-refractivity contribution in [2.45, 2.75) is 44.8 Å². The highest BCUT2D eigenvalue weighted by atomic mass is 16.5. The molecule has 0 saturated heterocycles. The van der Waals surface area contributed by atoms with E-state index in [0.717, 1.165) is 18.6 Å². The molecule has 2 nitrogen and oxygen atoms in total. The fourth-order valence-corrected chi connectivity index (χ4v) is 2.14. The van der Waals surface area contributed by atoms with E-state index < -0.39 is 0 Å². The minimum absolute atomic E-state index is 0.208. The lowest BCUT2D eigenvalue weighted by molar-refractivity contribution is 0.132. The third-order valence-corrected chi connectivity index (χ3v) is 3.03. The molecule has 2 rings (SSSR count). The fourth-order valence-electron chi connectivity index (χ4n) is 2.14. The third-order valence-electron chi connectivity index (χ3n) is 3.03. The van der Waals surface area contributed by atoms with Crippen molar-refractivity contribution in [1.82, 2.24) is 0 Å². The van der Waals surface area contributed by atoms with Gasteiger partial charge in [-0.1, -0.05) is 18.6 Å². The maximum absolute atomic E-state index is 6.04. The zero-order valence-corrected chi connectivity index (χ0v) is 9.28. The van der Waals surface area contributed by atoms with Gasteiger partial charge in [-0.3, -0.25) is 0 Å². The van der Waals surface area contributed by atoms with Gasteiger partial charge in [0, 0.05) is 6.04 Å². The van der Waals surface area contributed by atoms with Gasteiger partial charge in [-0.05, 0) is 43.9 Å². The van der Waals surface area contributed by atoms with Crippen LogP contribution in [-0.4, -0.2) is 12.1 Å². The molecule has 15 heavy (non-hydrogen) atoms. The van der Waals surface area contributed by atoms with E-state index in [1.54, 1.807) is 0 Å². The van der Waals surface area contributed by atoms with E-state index in [1.807, 2.05) is 12.1 Å². The molecule has 1 saturated carbocycles. The van der Waals surface area contributed by atoms with Crippen molar-refractivity contribution < 1.29 is 4.74 Å².